The van der Waals surface area contributed by atoms with Crippen LogP contribution in [0.3, 0.4) is 0 Å². The van der Waals surface area contributed by atoms with Crippen LogP contribution in [0.5, 0.6) is 0 Å². The summed E-state index contributed by atoms with van der Waals surface area (Å²) in [6.07, 6.45) is 20.4. The fourth-order valence-corrected chi connectivity index (χ4v) is 3.21. The van der Waals surface area contributed by atoms with E-state index in [0.717, 1.165) is 13.0 Å². The van der Waals surface area contributed by atoms with Crippen molar-refractivity contribution >= 4 is 0 Å². The highest BCUT2D eigenvalue weighted by Crippen LogP contribution is 2.10. The maximum atomic E-state index is 9.07. The Morgan fingerprint density at radius 3 is 1.22 bits per heavy atom. The Bertz CT molecular complexity index is 208. The zero-order valence-electron chi connectivity index (χ0n) is 16.3. The normalized spacial score (nSPS) is 11.5. The molecule has 0 aliphatic rings. The van der Waals surface area contributed by atoms with E-state index in [4.69, 9.17) is 5.11 Å². The number of hydrogen-bond acceptors (Lipinski definition) is 2. The Hall–Kier alpha value is -0.0800. The highest BCUT2D eigenvalue weighted by molar-refractivity contribution is 4.59. The van der Waals surface area contributed by atoms with E-state index >= 15 is 0 Å². The summed E-state index contributed by atoms with van der Waals surface area (Å²) >= 11 is 0. The van der Waals surface area contributed by atoms with Crippen LogP contribution in [0.1, 0.15) is 110 Å². The molecule has 0 heterocycles. The molecule has 140 valence electrons. The molecular weight excluding hydrogens is 282 g/mol. The van der Waals surface area contributed by atoms with Crippen LogP contribution in [0.15, 0.2) is 0 Å². The standard InChI is InChI=1S/C21H45NO/c1-3-5-7-9-11-12-14-16-19-22(20-17-21-23)18-15-13-10-8-6-4-2/h23H,3-21H2,1-2H3. The summed E-state index contributed by atoms with van der Waals surface area (Å²) in [5.74, 6) is 0. The van der Waals surface area contributed by atoms with Gasteiger partial charge in [0.15, 0.2) is 0 Å². The van der Waals surface area contributed by atoms with Crippen LogP contribution in [-0.4, -0.2) is 36.2 Å². The Morgan fingerprint density at radius 2 is 0.826 bits per heavy atom. The molecule has 0 spiro atoms. The van der Waals surface area contributed by atoms with Gasteiger partial charge in [-0.15, -0.1) is 0 Å². The van der Waals surface area contributed by atoms with E-state index in [9.17, 15) is 0 Å². The van der Waals surface area contributed by atoms with Crippen molar-refractivity contribution in [2.24, 2.45) is 0 Å². The summed E-state index contributed by atoms with van der Waals surface area (Å²) in [5.41, 5.74) is 0. The van der Waals surface area contributed by atoms with Crippen molar-refractivity contribution in [2.75, 3.05) is 26.2 Å². The molecule has 0 atom stereocenters. The van der Waals surface area contributed by atoms with Gasteiger partial charge in [0.2, 0.25) is 0 Å². The van der Waals surface area contributed by atoms with E-state index < -0.39 is 0 Å². The van der Waals surface area contributed by atoms with E-state index in [2.05, 4.69) is 18.7 Å². The molecule has 0 radical (unpaired) electrons. The van der Waals surface area contributed by atoms with Gasteiger partial charge in [-0.2, -0.15) is 0 Å². The SMILES string of the molecule is CCCCCCCCCCN(CCCO)CCCCCCCC. The fraction of sp³-hybridized carbons (Fsp3) is 1.00. The molecule has 0 aliphatic heterocycles. The monoisotopic (exact) mass is 327 g/mol. The first-order valence-electron chi connectivity index (χ1n) is 10.7. The van der Waals surface area contributed by atoms with Gasteiger partial charge in [0.25, 0.3) is 0 Å². The van der Waals surface area contributed by atoms with E-state index in [-0.39, 0.29) is 0 Å². The van der Waals surface area contributed by atoms with Crippen LogP contribution >= 0.6 is 0 Å². The van der Waals surface area contributed by atoms with Gasteiger partial charge < -0.3 is 10.0 Å². The van der Waals surface area contributed by atoms with E-state index in [0.29, 0.717) is 6.61 Å². The predicted octanol–water partition coefficient (Wildman–Crippen LogP) is 6.17. The van der Waals surface area contributed by atoms with Gasteiger partial charge in [0.05, 0.1) is 0 Å². The average Bonchev–Trinajstić information content (AvgIpc) is 2.57. The molecule has 0 saturated heterocycles. The van der Waals surface area contributed by atoms with Gasteiger partial charge in [-0.3, -0.25) is 0 Å². The molecular formula is C21H45NO. The summed E-state index contributed by atoms with van der Waals surface area (Å²) < 4.78 is 0. The highest BCUT2D eigenvalue weighted by atomic mass is 16.3. The minimum atomic E-state index is 0.338. The first-order valence-corrected chi connectivity index (χ1v) is 10.7. The van der Waals surface area contributed by atoms with E-state index in [1.807, 2.05) is 0 Å². The minimum absolute atomic E-state index is 0.338. The van der Waals surface area contributed by atoms with Gasteiger partial charge in [-0.1, -0.05) is 90.9 Å². The maximum absolute atomic E-state index is 9.07. The number of hydrogen-bond donors (Lipinski definition) is 1. The van der Waals surface area contributed by atoms with Crippen LogP contribution in [0.4, 0.5) is 0 Å². The molecule has 2 heteroatoms. The Kier molecular flexibility index (Phi) is 19.9. The summed E-state index contributed by atoms with van der Waals surface area (Å²) in [7, 11) is 0. The van der Waals surface area contributed by atoms with Crippen LogP contribution in [0, 0.1) is 0 Å². The van der Waals surface area contributed by atoms with Crippen molar-refractivity contribution < 1.29 is 5.11 Å². The van der Waals surface area contributed by atoms with Crippen molar-refractivity contribution in [1.82, 2.24) is 4.90 Å². The molecule has 0 fully saturated rings. The maximum Gasteiger partial charge on any atom is 0.0443 e. The average molecular weight is 328 g/mol. The lowest BCUT2D eigenvalue weighted by Crippen LogP contribution is -2.27. The minimum Gasteiger partial charge on any atom is -0.396 e. The quantitative estimate of drug-likeness (QED) is 0.287. The topological polar surface area (TPSA) is 23.5 Å². The molecule has 0 aliphatic carbocycles. The molecule has 0 saturated carbocycles. The summed E-state index contributed by atoms with van der Waals surface area (Å²) in [4.78, 5) is 2.59. The van der Waals surface area contributed by atoms with Crippen LogP contribution < -0.4 is 0 Å². The lowest BCUT2D eigenvalue weighted by molar-refractivity contribution is 0.217. The van der Waals surface area contributed by atoms with Crippen molar-refractivity contribution in [1.29, 1.82) is 0 Å². The third kappa shape index (κ3) is 18.1. The van der Waals surface area contributed by atoms with Crippen molar-refractivity contribution in [3.8, 4) is 0 Å². The lowest BCUT2D eigenvalue weighted by atomic mass is 10.1. The summed E-state index contributed by atoms with van der Waals surface area (Å²) in [6, 6.07) is 0. The van der Waals surface area contributed by atoms with Crippen molar-refractivity contribution in [3.63, 3.8) is 0 Å². The van der Waals surface area contributed by atoms with Gasteiger partial charge in [0.1, 0.15) is 0 Å². The van der Waals surface area contributed by atoms with Gasteiger partial charge >= 0.3 is 0 Å². The van der Waals surface area contributed by atoms with Crippen LogP contribution in [0.25, 0.3) is 0 Å². The Balaban J connectivity index is 3.54. The number of aliphatic hydroxyl groups excluding tert-OH is 1. The Morgan fingerprint density at radius 1 is 0.478 bits per heavy atom. The molecule has 0 bridgehead atoms. The van der Waals surface area contributed by atoms with E-state index in [1.54, 1.807) is 0 Å². The molecule has 0 unspecified atom stereocenters. The van der Waals surface area contributed by atoms with E-state index in [1.165, 1.54) is 103 Å². The number of nitrogens with zero attached hydrogens (tertiary/aromatic N) is 1. The zero-order chi connectivity index (χ0) is 17.0. The second kappa shape index (κ2) is 20.0. The number of rotatable bonds is 19. The zero-order valence-corrected chi connectivity index (χ0v) is 16.3. The second-order valence-corrected chi connectivity index (χ2v) is 7.16. The molecule has 0 rings (SSSR count). The molecule has 0 aromatic carbocycles. The third-order valence-corrected chi connectivity index (χ3v) is 4.79. The molecule has 0 aromatic heterocycles. The largest absolute Gasteiger partial charge is 0.396 e. The van der Waals surface area contributed by atoms with Crippen LogP contribution in [-0.2, 0) is 0 Å². The first-order chi connectivity index (χ1) is 11.3. The van der Waals surface area contributed by atoms with Crippen molar-refractivity contribution in [3.05, 3.63) is 0 Å². The number of aliphatic hydroxyl groups is 1. The van der Waals surface area contributed by atoms with Crippen molar-refractivity contribution in [2.45, 2.75) is 110 Å². The molecule has 0 amide bonds. The summed E-state index contributed by atoms with van der Waals surface area (Å²) in [5, 5.41) is 9.07. The third-order valence-electron chi connectivity index (χ3n) is 4.79. The molecule has 1 N–H and O–H groups in total. The van der Waals surface area contributed by atoms with Gasteiger partial charge in [-0.05, 0) is 32.4 Å². The predicted molar refractivity (Wildman–Crippen MR) is 104 cm³/mol. The second-order valence-electron chi connectivity index (χ2n) is 7.16. The molecule has 0 aromatic rings. The smallest absolute Gasteiger partial charge is 0.0443 e. The highest BCUT2D eigenvalue weighted by Gasteiger charge is 2.04. The number of unbranched alkanes of at least 4 members (excludes halogenated alkanes) is 12. The Labute approximate surface area is 147 Å². The molecule has 2 nitrogen and oxygen atoms in total. The van der Waals surface area contributed by atoms with Gasteiger partial charge in [-0.25, -0.2) is 0 Å². The van der Waals surface area contributed by atoms with Gasteiger partial charge in [0, 0.05) is 13.2 Å². The molecule has 23 heavy (non-hydrogen) atoms. The first kappa shape index (κ1) is 22.9. The lowest BCUT2D eigenvalue weighted by Gasteiger charge is -2.22. The fourth-order valence-electron chi connectivity index (χ4n) is 3.21. The van der Waals surface area contributed by atoms with Crippen LogP contribution in [0.2, 0.25) is 0 Å². The summed E-state index contributed by atoms with van der Waals surface area (Å²) in [6.45, 7) is 8.46.